The van der Waals surface area contributed by atoms with Crippen molar-refractivity contribution >= 4 is 38.3 Å². The normalized spacial score (nSPS) is 18.1. The molecule has 20 heavy (non-hydrogen) atoms. The molecule has 3 rings (SSSR count). The molecule has 104 valence electrons. The second kappa shape index (κ2) is 6.03. The summed E-state index contributed by atoms with van der Waals surface area (Å²) in [6.07, 6.45) is 1.96. The Morgan fingerprint density at radius 1 is 1.40 bits per heavy atom. The molecule has 6 heteroatoms. The van der Waals surface area contributed by atoms with Gasteiger partial charge in [-0.25, -0.2) is 4.98 Å². The zero-order valence-corrected chi connectivity index (χ0v) is 13.1. The Morgan fingerprint density at radius 3 is 2.90 bits per heavy atom. The molecule has 0 spiro atoms. The molecule has 1 aromatic heterocycles. The Labute approximate surface area is 129 Å². The largest absolute Gasteiger partial charge is 0.306 e. The molecule has 2 heterocycles. The highest BCUT2D eigenvalue weighted by Crippen LogP contribution is 2.26. The third-order valence-electron chi connectivity index (χ3n) is 3.25. The second-order valence-electron chi connectivity index (χ2n) is 4.68. The molecule has 1 atom stereocenters. The lowest BCUT2D eigenvalue weighted by Crippen LogP contribution is -2.35. The van der Waals surface area contributed by atoms with E-state index < -0.39 is 0 Å². The van der Waals surface area contributed by atoms with Gasteiger partial charge in [0.05, 0.1) is 11.7 Å². The quantitative estimate of drug-likeness (QED) is 0.892. The number of aromatic nitrogens is 1. The Kier molecular flexibility index (Phi) is 4.14. The van der Waals surface area contributed by atoms with Gasteiger partial charge in [-0.2, -0.15) is 0 Å². The van der Waals surface area contributed by atoms with Crippen molar-refractivity contribution in [2.45, 2.75) is 18.9 Å². The maximum absolute atomic E-state index is 12.0. The average Bonchev–Trinajstić information content (AvgIpc) is 3.10. The van der Waals surface area contributed by atoms with Crippen LogP contribution in [0.3, 0.4) is 0 Å². The van der Waals surface area contributed by atoms with Crippen molar-refractivity contribution in [3.05, 3.63) is 34.1 Å². The number of hydrogen-bond donors (Lipinski definition) is 2. The van der Waals surface area contributed by atoms with Crippen molar-refractivity contribution in [1.29, 1.82) is 0 Å². The summed E-state index contributed by atoms with van der Waals surface area (Å²) in [5.41, 5.74) is 1.93. The van der Waals surface area contributed by atoms with Gasteiger partial charge in [0.15, 0.2) is 5.13 Å². The fourth-order valence-corrected chi connectivity index (χ4v) is 3.17. The van der Waals surface area contributed by atoms with Crippen LogP contribution in [0.25, 0.3) is 11.3 Å². The molecule has 1 amide bonds. The number of hydrogen-bond acceptors (Lipinski definition) is 4. The number of halogens is 1. The van der Waals surface area contributed by atoms with E-state index in [4.69, 9.17) is 0 Å². The van der Waals surface area contributed by atoms with E-state index in [1.807, 2.05) is 29.6 Å². The fraction of sp³-hybridized carbons (Fsp3) is 0.286. The van der Waals surface area contributed by atoms with Crippen molar-refractivity contribution in [1.82, 2.24) is 10.3 Å². The van der Waals surface area contributed by atoms with Crippen LogP contribution in [-0.4, -0.2) is 23.5 Å². The van der Waals surface area contributed by atoms with E-state index in [9.17, 15) is 4.79 Å². The van der Waals surface area contributed by atoms with Crippen LogP contribution in [0.1, 0.15) is 12.8 Å². The number of rotatable bonds is 3. The molecule has 1 aliphatic heterocycles. The van der Waals surface area contributed by atoms with Crippen LogP contribution in [0.15, 0.2) is 34.1 Å². The summed E-state index contributed by atoms with van der Waals surface area (Å²) < 4.78 is 1.04. The highest BCUT2D eigenvalue weighted by atomic mass is 79.9. The predicted molar refractivity (Wildman–Crippen MR) is 84.9 cm³/mol. The lowest BCUT2D eigenvalue weighted by atomic mass is 10.2. The predicted octanol–water partition coefficient (Wildman–Crippen LogP) is 3.26. The van der Waals surface area contributed by atoms with Crippen LogP contribution in [0.4, 0.5) is 5.13 Å². The van der Waals surface area contributed by atoms with Gasteiger partial charge in [-0.1, -0.05) is 28.1 Å². The third kappa shape index (κ3) is 3.08. The average molecular weight is 352 g/mol. The van der Waals surface area contributed by atoms with Gasteiger partial charge in [-0.15, -0.1) is 11.3 Å². The highest BCUT2D eigenvalue weighted by molar-refractivity contribution is 9.10. The first-order valence-electron chi connectivity index (χ1n) is 6.48. The molecule has 1 aromatic carbocycles. The van der Waals surface area contributed by atoms with Crippen LogP contribution in [0, 0.1) is 0 Å². The Bertz CT molecular complexity index is 605. The minimum absolute atomic E-state index is 0.0132. The fourth-order valence-electron chi connectivity index (χ4n) is 2.19. The summed E-state index contributed by atoms with van der Waals surface area (Å²) in [6.45, 7) is 0.917. The maximum atomic E-state index is 12.0. The first-order chi connectivity index (χ1) is 9.72. The van der Waals surface area contributed by atoms with Crippen LogP contribution in [0.5, 0.6) is 0 Å². The SMILES string of the molecule is O=C(Nc1nc(-c2ccc(Br)cc2)cs1)C1CCCN1. The molecule has 0 aliphatic carbocycles. The van der Waals surface area contributed by atoms with E-state index in [1.165, 1.54) is 11.3 Å². The molecule has 2 N–H and O–H groups in total. The molecule has 0 radical (unpaired) electrons. The molecule has 0 bridgehead atoms. The van der Waals surface area contributed by atoms with Crippen molar-refractivity contribution in [3.63, 3.8) is 0 Å². The van der Waals surface area contributed by atoms with Gasteiger partial charge in [0.2, 0.25) is 5.91 Å². The number of carbonyl (C=O) groups excluding carboxylic acids is 1. The number of nitrogens with zero attached hydrogens (tertiary/aromatic N) is 1. The van der Waals surface area contributed by atoms with E-state index in [2.05, 4.69) is 31.5 Å². The van der Waals surface area contributed by atoms with Gasteiger partial charge in [0.25, 0.3) is 0 Å². The Hall–Kier alpha value is -1.24. The summed E-state index contributed by atoms with van der Waals surface area (Å²) in [5, 5.41) is 8.68. The van der Waals surface area contributed by atoms with Crippen LogP contribution in [-0.2, 0) is 4.79 Å². The van der Waals surface area contributed by atoms with Crippen LogP contribution < -0.4 is 10.6 Å². The summed E-state index contributed by atoms with van der Waals surface area (Å²) in [5.74, 6) is 0.0132. The zero-order valence-electron chi connectivity index (χ0n) is 10.7. The highest BCUT2D eigenvalue weighted by Gasteiger charge is 2.22. The first-order valence-corrected chi connectivity index (χ1v) is 8.15. The van der Waals surface area contributed by atoms with Crippen LogP contribution in [0.2, 0.25) is 0 Å². The van der Waals surface area contributed by atoms with E-state index in [1.54, 1.807) is 0 Å². The monoisotopic (exact) mass is 351 g/mol. The van der Waals surface area contributed by atoms with E-state index >= 15 is 0 Å². The number of nitrogens with one attached hydrogen (secondary N) is 2. The van der Waals surface area contributed by atoms with Crippen molar-refractivity contribution < 1.29 is 4.79 Å². The Morgan fingerprint density at radius 2 is 2.20 bits per heavy atom. The van der Waals surface area contributed by atoms with E-state index in [-0.39, 0.29) is 11.9 Å². The van der Waals surface area contributed by atoms with E-state index in [0.29, 0.717) is 5.13 Å². The number of thiazole rings is 1. The molecule has 1 fully saturated rings. The number of benzene rings is 1. The van der Waals surface area contributed by atoms with Gasteiger partial charge in [-0.3, -0.25) is 4.79 Å². The van der Waals surface area contributed by atoms with Gasteiger partial charge in [0, 0.05) is 15.4 Å². The summed E-state index contributed by atoms with van der Waals surface area (Å²) in [7, 11) is 0. The minimum Gasteiger partial charge on any atom is -0.306 e. The molecule has 1 unspecified atom stereocenters. The first kappa shape index (κ1) is 13.7. The lowest BCUT2D eigenvalue weighted by molar-refractivity contribution is -0.117. The lowest BCUT2D eigenvalue weighted by Gasteiger charge is -2.08. The molecular formula is C14H14BrN3OS. The summed E-state index contributed by atoms with van der Waals surface area (Å²) >= 11 is 4.86. The van der Waals surface area contributed by atoms with Gasteiger partial charge in [0.1, 0.15) is 0 Å². The zero-order chi connectivity index (χ0) is 13.9. The van der Waals surface area contributed by atoms with Gasteiger partial charge < -0.3 is 10.6 Å². The number of anilines is 1. The number of amides is 1. The Balaban J connectivity index is 1.70. The molecular weight excluding hydrogens is 338 g/mol. The third-order valence-corrected chi connectivity index (χ3v) is 4.54. The molecule has 4 nitrogen and oxygen atoms in total. The number of carbonyl (C=O) groups is 1. The standard InChI is InChI=1S/C14H14BrN3OS/c15-10-5-3-9(4-6-10)12-8-20-14(17-12)18-13(19)11-2-1-7-16-11/h3-6,8,11,16H,1-2,7H2,(H,17,18,19). The minimum atomic E-state index is -0.0740. The van der Waals surface area contributed by atoms with Crippen molar-refractivity contribution in [2.75, 3.05) is 11.9 Å². The van der Waals surface area contributed by atoms with E-state index in [0.717, 1.165) is 35.1 Å². The van der Waals surface area contributed by atoms with Gasteiger partial charge in [-0.05, 0) is 31.5 Å². The molecule has 1 saturated heterocycles. The summed E-state index contributed by atoms with van der Waals surface area (Å²) in [6, 6.07) is 7.90. The molecule has 0 saturated carbocycles. The second-order valence-corrected chi connectivity index (χ2v) is 6.46. The maximum Gasteiger partial charge on any atom is 0.243 e. The topological polar surface area (TPSA) is 54.0 Å². The van der Waals surface area contributed by atoms with Crippen molar-refractivity contribution in [3.8, 4) is 11.3 Å². The summed E-state index contributed by atoms with van der Waals surface area (Å²) in [4.78, 5) is 16.5. The van der Waals surface area contributed by atoms with Crippen molar-refractivity contribution in [2.24, 2.45) is 0 Å². The molecule has 2 aromatic rings. The smallest absolute Gasteiger partial charge is 0.243 e. The van der Waals surface area contributed by atoms with Gasteiger partial charge >= 0.3 is 0 Å². The van der Waals surface area contributed by atoms with Crippen LogP contribution >= 0.6 is 27.3 Å². The molecule has 1 aliphatic rings.